The van der Waals surface area contributed by atoms with Crippen molar-refractivity contribution in [2.45, 2.75) is 31.5 Å². The van der Waals surface area contributed by atoms with Crippen LogP contribution >= 0.6 is 0 Å². The Morgan fingerprint density at radius 3 is 2.81 bits per heavy atom. The quantitative estimate of drug-likeness (QED) is 0.882. The highest BCUT2D eigenvalue weighted by molar-refractivity contribution is 5.89. The molecule has 0 spiro atoms. The smallest absolute Gasteiger partial charge is 0.394 e. The minimum atomic E-state index is -4.44. The lowest BCUT2D eigenvalue weighted by molar-refractivity contribution is -0.137. The van der Waals surface area contributed by atoms with Crippen LogP contribution in [0.1, 0.15) is 24.8 Å². The van der Waals surface area contributed by atoms with Gasteiger partial charge < -0.3 is 15.3 Å². The molecule has 1 heterocycles. The monoisotopic (exact) mass is 302 g/mol. The molecule has 0 unspecified atom stereocenters. The minimum Gasteiger partial charge on any atom is -0.394 e. The van der Waals surface area contributed by atoms with Crippen LogP contribution in [-0.4, -0.2) is 35.2 Å². The fraction of sp³-hybridized carbons (Fsp3) is 0.500. The molecule has 7 heteroatoms. The first-order valence-corrected chi connectivity index (χ1v) is 6.77. The molecule has 0 saturated carbocycles. The van der Waals surface area contributed by atoms with E-state index < -0.39 is 17.8 Å². The van der Waals surface area contributed by atoms with Crippen molar-refractivity contribution in [1.29, 1.82) is 0 Å². The molecule has 1 aromatic rings. The van der Waals surface area contributed by atoms with Gasteiger partial charge in [0.05, 0.1) is 18.2 Å². The number of piperidine rings is 1. The largest absolute Gasteiger partial charge is 0.416 e. The first kappa shape index (κ1) is 15.6. The van der Waals surface area contributed by atoms with Crippen molar-refractivity contribution in [1.82, 2.24) is 4.90 Å². The van der Waals surface area contributed by atoms with Crippen molar-refractivity contribution in [2.24, 2.45) is 0 Å². The summed E-state index contributed by atoms with van der Waals surface area (Å²) >= 11 is 0. The highest BCUT2D eigenvalue weighted by Crippen LogP contribution is 2.30. The molecule has 21 heavy (non-hydrogen) atoms. The van der Waals surface area contributed by atoms with Crippen LogP contribution < -0.4 is 5.32 Å². The van der Waals surface area contributed by atoms with Gasteiger partial charge in [-0.1, -0.05) is 6.07 Å². The number of likely N-dealkylation sites (tertiary alicyclic amines) is 1. The second-order valence-electron chi connectivity index (χ2n) is 5.03. The van der Waals surface area contributed by atoms with Gasteiger partial charge in [-0.3, -0.25) is 0 Å². The maximum atomic E-state index is 12.6. The summed E-state index contributed by atoms with van der Waals surface area (Å²) < 4.78 is 37.9. The zero-order valence-corrected chi connectivity index (χ0v) is 11.4. The SMILES string of the molecule is O=C(Nc1cccc(C(F)(F)F)c1)N1CCCC[C@@H]1CO. The van der Waals surface area contributed by atoms with Crippen LogP contribution in [0, 0.1) is 0 Å². The summed E-state index contributed by atoms with van der Waals surface area (Å²) in [7, 11) is 0. The van der Waals surface area contributed by atoms with Gasteiger partial charge in [0.15, 0.2) is 0 Å². The highest BCUT2D eigenvalue weighted by atomic mass is 19.4. The van der Waals surface area contributed by atoms with Gasteiger partial charge in [0, 0.05) is 12.2 Å². The molecule has 4 nitrogen and oxygen atoms in total. The number of nitrogens with zero attached hydrogens (tertiary/aromatic N) is 1. The predicted octanol–water partition coefficient (Wildman–Crippen LogP) is 3.08. The average Bonchev–Trinajstić information content (AvgIpc) is 2.46. The second-order valence-corrected chi connectivity index (χ2v) is 5.03. The van der Waals surface area contributed by atoms with Crippen LogP contribution in [0.4, 0.5) is 23.7 Å². The van der Waals surface area contributed by atoms with Gasteiger partial charge in [-0.15, -0.1) is 0 Å². The predicted molar refractivity (Wildman–Crippen MR) is 71.9 cm³/mol. The zero-order chi connectivity index (χ0) is 15.5. The lowest BCUT2D eigenvalue weighted by atomic mass is 10.0. The van der Waals surface area contributed by atoms with Crippen LogP contribution in [0.3, 0.4) is 0 Å². The van der Waals surface area contributed by atoms with E-state index in [-0.39, 0.29) is 18.3 Å². The van der Waals surface area contributed by atoms with Crippen molar-refractivity contribution in [2.75, 3.05) is 18.5 Å². The van der Waals surface area contributed by atoms with Crippen molar-refractivity contribution < 1.29 is 23.1 Å². The van der Waals surface area contributed by atoms with Crippen LogP contribution in [0.5, 0.6) is 0 Å². The molecule has 1 atom stereocenters. The van der Waals surface area contributed by atoms with Gasteiger partial charge in [0.25, 0.3) is 0 Å². The van der Waals surface area contributed by atoms with Crippen molar-refractivity contribution in [3.8, 4) is 0 Å². The van der Waals surface area contributed by atoms with E-state index in [0.29, 0.717) is 13.0 Å². The Bertz CT molecular complexity index is 505. The molecule has 1 aliphatic heterocycles. The summed E-state index contributed by atoms with van der Waals surface area (Å²) in [6, 6.07) is 3.75. The number of benzene rings is 1. The van der Waals surface area contributed by atoms with Crippen LogP contribution in [0.15, 0.2) is 24.3 Å². The molecule has 1 aromatic carbocycles. The molecular weight excluding hydrogens is 285 g/mol. The van der Waals surface area contributed by atoms with E-state index in [9.17, 15) is 23.1 Å². The Balaban J connectivity index is 2.08. The minimum absolute atomic E-state index is 0.0945. The number of anilines is 1. The summed E-state index contributed by atoms with van der Waals surface area (Å²) in [6.07, 6.45) is -1.99. The maximum absolute atomic E-state index is 12.6. The topological polar surface area (TPSA) is 52.6 Å². The van der Waals surface area contributed by atoms with E-state index in [4.69, 9.17) is 0 Å². The molecule has 1 fully saturated rings. The Morgan fingerprint density at radius 1 is 1.38 bits per heavy atom. The highest BCUT2D eigenvalue weighted by Gasteiger charge is 2.31. The fourth-order valence-corrected chi connectivity index (χ4v) is 2.43. The number of amides is 2. The fourth-order valence-electron chi connectivity index (χ4n) is 2.43. The molecular formula is C14H17F3N2O2. The molecule has 1 saturated heterocycles. The number of aliphatic hydroxyl groups is 1. The van der Waals surface area contributed by atoms with E-state index in [0.717, 1.165) is 25.0 Å². The summed E-state index contributed by atoms with van der Waals surface area (Å²) in [5.74, 6) is 0. The van der Waals surface area contributed by atoms with Crippen LogP contribution in [0.25, 0.3) is 0 Å². The van der Waals surface area contributed by atoms with Crippen LogP contribution in [-0.2, 0) is 6.18 Å². The van der Waals surface area contributed by atoms with Crippen molar-refractivity contribution >= 4 is 11.7 Å². The van der Waals surface area contributed by atoms with E-state index in [1.165, 1.54) is 17.0 Å². The maximum Gasteiger partial charge on any atom is 0.416 e. The van der Waals surface area contributed by atoms with E-state index in [1.54, 1.807) is 0 Å². The third kappa shape index (κ3) is 3.87. The number of rotatable bonds is 2. The van der Waals surface area contributed by atoms with Gasteiger partial charge in [-0.05, 0) is 37.5 Å². The number of halogens is 3. The number of hydrogen-bond acceptors (Lipinski definition) is 2. The number of urea groups is 1. The summed E-state index contributed by atoms with van der Waals surface area (Å²) in [6.45, 7) is 0.353. The van der Waals surface area contributed by atoms with E-state index >= 15 is 0 Å². The molecule has 0 aromatic heterocycles. The molecule has 0 aliphatic carbocycles. The normalized spacial score (nSPS) is 19.4. The third-order valence-corrected chi connectivity index (χ3v) is 3.54. The number of carbonyl (C=O) groups excluding carboxylic acids is 1. The van der Waals surface area contributed by atoms with Gasteiger partial charge in [0.1, 0.15) is 0 Å². The number of carbonyl (C=O) groups is 1. The zero-order valence-electron chi connectivity index (χ0n) is 11.4. The summed E-state index contributed by atoms with van der Waals surface area (Å²) in [5.41, 5.74) is -0.713. The lowest BCUT2D eigenvalue weighted by Crippen LogP contribution is -2.47. The summed E-state index contributed by atoms with van der Waals surface area (Å²) in [4.78, 5) is 13.6. The van der Waals surface area contributed by atoms with Crippen LogP contribution in [0.2, 0.25) is 0 Å². The molecule has 0 radical (unpaired) electrons. The Labute approximate surface area is 120 Å². The molecule has 2 rings (SSSR count). The second kappa shape index (κ2) is 6.34. The molecule has 116 valence electrons. The standard InChI is InChI=1S/C14H17F3N2O2/c15-14(16,17)10-4-3-5-11(8-10)18-13(21)19-7-2-1-6-12(19)9-20/h3-5,8,12,20H,1-2,6-7,9H2,(H,18,21)/t12-/m1/s1. The molecule has 1 aliphatic rings. The van der Waals surface area contributed by atoms with Gasteiger partial charge >= 0.3 is 12.2 Å². The first-order valence-electron chi connectivity index (χ1n) is 6.77. The number of nitrogens with one attached hydrogen (secondary N) is 1. The Morgan fingerprint density at radius 2 is 2.14 bits per heavy atom. The van der Waals surface area contributed by atoms with E-state index in [1.807, 2.05) is 0 Å². The number of alkyl halides is 3. The van der Waals surface area contributed by atoms with E-state index in [2.05, 4.69) is 5.32 Å². The Hall–Kier alpha value is -1.76. The molecule has 2 N–H and O–H groups in total. The third-order valence-electron chi connectivity index (χ3n) is 3.54. The molecule has 0 bridgehead atoms. The molecule has 2 amide bonds. The summed E-state index contributed by atoms with van der Waals surface area (Å²) in [5, 5.41) is 11.7. The van der Waals surface area contributed by atoms with Gasteiger partial charge in [-0.2, -0.15) is 13.2 Å². The van der Waals surface area contributed by atoms with Crippen molar-refractivity contribution in [3.05, 3.63) is 29.8 Å². The van der Waals surface area contributed by atoms with Gasteiger partial charge in [0.2, 0.25) is 0 Å². The van der Waals surface area contributed by atoms with Crippen molar-refractivity contribution in [3.63, 3.8) is 0 Å². The lowest BCUT2D eigenvalue weighted by Gasteiger charge is -2.34. The first-order chi connectivity index (χ1) is 9.91. The number of hydrogen-bond donors (Lipinski definition) is 2. The van der Waals surface area contributed by atoms with Gasteiger partial charge in [-0.25, -0.2) is 4.79 Å². The number of aliphatic hydroxyl groups excluding tert-OH is 1. The Kier molecular flexibility index (Phi) is 4.72. The average molecular weight is 302 g/mol.